The van der Waals surface area contributed by atoms with Crippen LogP contribution in [0, 0.1) is 5.92 Å². The lowest BCUT2D eigenvalue weighted by molar-refractivity contribution is 0.0946. The Morgan fingerprint density at radius 3 is 2.64 bits per heavy atom. The largest absolute Gasteiger partial charge is 0.352 e. The van der Waals surface area contributed by atoms with E-state index in [2.05, 4.69) is 29.5 Å². The van der Waals surface area contributed by atoms with Gasteiger partial charge in [-0.2, -0.15) is 0 Å². The van der Waals surface area contributed by atoms with Crippen LogP contribution in [0.5, 0.6) is 0 Å². The molecule has 1 amide bonds. The van der Waals surface area contributed by atoms with Gasteiger partial charge in [-0.1, -0.05) is 44.9 Å². The van der Waals surface area contributed by atoms with E-state index >= 15 is 0 Å². The first-order chi connectivity index (χ1) is 13.4. The molecule has 2 N–H and O–H groups in total. The molecule has 8 heteroatoms. The maximum absolute atomic E-state index is 12.4. The number of fused-ring (bicyclic) bond motifs is 1. The van der Waals surface area contributed by atoms with Gasteiger partial charge in [0, 0.05) is 23.0 Å². The molecule has 3 rings (SSSR count). The van der Waals surface area contributed by atoms with E-state index in [-0.39, 0.29) is 28.7 Å². The number of amidine groups is 1. The van der Waals surface area contributed by atoms with Crippen LogP contribution in [0.3, 0.4) is 0 Å². The minimum Gasteiger partial charge on any atom is -0.352 e. The highest BCUT2D eigenvalue weighted by Gasteiger charge is 2.42. The van der Waals surface area contributed by atoms with Crippen molar-refractivity contribution in [2.24, 2.45) is 10.9 Å². The van der Waals surface area contributed by atoms with Gasteiger partial charge < -0.3 is 10.6 Å². The lowest BCUT2D eigenvalue weighted by atomic mass is 9.99. The molecule has 0 radical (unpaired) electrons. The minimum absolute atomic E-state index is 0.0248. The number of hydrogen-bond acceptors (Lipinski definition) is 6. The summed E-state index contributed by atoms with van der Waals surface area (Å²) in [7, 11) is -2.94. The summed E-state index contributed by atoms with van der Waals surface area (Å²) in [5.41, 5.74) is 1.49. The molecule has 0 saturated carbocycles. The van der Waals surface area contributed by atoms with Gasteiger partial charge in [0.1, 0.15) is 0 Å². The van der Waals surface area contributed by atoms with Crippen LogP contribution in [-0.2, 0) is 9.84 Å². The van der Waals surface area contributed by atoms with Crippen molar-refractivity contribution in [3.8, 4) is 0 Å². The number of amides is 1. The van der Waals surface area contributed by atoms with E-state index in [1.54, 1.807) is 12.1 Å². The van der Waals surface area contributed by atoms with Crippen LogP contribution in [0.1, 0.15) is 49.9 Å². The van der Waals surface area contributed by atoms with Crippen LogP contribution < -0.4 is 10.6 Å². The Bertz CT molecular complexity index is 822. The Hall–Kier alpha value is -1.54. The first-order valence-electron chi connectivity index (χ1n) is 10.0. The predicted octanol–water partition coefficient (Wildman–Crippen LogP) is 3.31. The van der Waals surface area contributed by atoms with Crippen LogP contribution in [0.4, 0.5) is 5.69 Å². The number of carbonyl (C=O) groups excluding carboxylic acids is 1. The monoisotopic (exact) mass is 423 g/mol. The molecule has 1 aromatic carbocycles. The van der Waals surface area contributed by atoms with Gasteiger partial charge in [-0.05, 0) is 36.6 Å². The molecular weight excluding hydrogens is 394 g/mol. The van der Waals surface area contributed by atoms with Crippen molar-refractivity contribution in [3.05, 3.63) is 29.8 Å². The van der Waals surface area contributed by atoms with Gasteiger partial charge in [0.25, 0.3) is 5.91 Å². The molecule has 0 aromatic heterocycles. The summed E-state index contributed by atoms with van der Waals surface area (Å²) in [6.07, 6.45) is 4.61. The zero-order valence-corrected chi connectivity index (χ0v) is 18.1. The van der Waals surface area contributed by atoms with Crippen molar-refractivity contribution in [2.45, 2.75) is 50.8 Å². The molecule has 2 aliphatic rings. The first-order valence-corrected chi connectivity index (χ1v) is 12.7. The summed E-state index contributed by atoms with van der Waals surface area (Å²) in [5, 5.41) is 7.05. The van der Waals surface area contributed by atoms with Crippen molar-refractivity contribution in [3.63, 3.8) is 0 Å². The Morgan fingerprint density at radius 2 is 2.00 bits per heavy atom. The van der Waals surface area contributed by atoms with Gasteiger partial charge in [-0.15, -0.1) is 0 Å². The highest BCUT2D eigenvalue weighted by Crippen LogP contribution is 2.34. The Morgan fingerprint density at radius 1 is 1.25 bits per heavy atom. The second-order valence-electron chi connectivity index (χ2n) is 7.56. The number of aliphatic imine (C=N–C) groups is 1. The Balaban J connectivity index is 1.50. The number of nitrogens with one attached hydrogen (secondary N) is 2. The summed E-state index contributed by atoms with van der Waals surface area (Å²) in [6, 6.07) is 7.18. The van der Waals surface area contributed by atoms with Crippen molar-refractivity contribution in [2.75, 3.05) is 23.4 Å². The lowest BCUT2D eigenvalue weighted by Crippen LogP contribution is -2.29. The normalized spacial score (nSPS) is 23.7. The van der Waals surface area contributed by atoms with Gasteiger partial charge in [0.2, 0.25) is 0 Å². The van der Waals surface area contributed by atoms with E-state index in [0.29, 0.717) is 18.0 Å². The van der Waals surface area contributed by atoms with Crippen LogP contribution >= 0.6 is 11.8 Å². The topological polar surface area (TPSA) is 87.6 Å². The molecule has 28 heavy (non-hydrogen) atoms. The van der Waals surface area contributed by atoms with Gasteiger partial charge in [0.05, 0.1) is 17.5 Å². The van der Waals surface area contributed by atoms with E-state index in [1.165, 1.54) is 24.6 Å². The summed E-state index contributed by atoms with van der Waals surface area (Å²) in [6.45, 7) is 5.07. The second kappa shape index (κ2) is 9.31. The van der Waals surface area contributed by atoms with Crippen molar-refractivity contribution in [1.82, 2.24) is 5.32 Å². The van der Waals surface area contributed by atoms with Gasteiger partial charge in [-0.25, -0.2) is 8.42 Å². The van der Waals surface area contributed by atoms with Crippen LogP contribution in [0.2, 0.25) is 0 Å². The Kier molecular flexibility index (Phi) is 7.04. The number of unbranched alkanes of at least 4 members (excludes halogenated alkanes) is 1. The summed E-state index contributed by atoms with van der Waals surface area (Å²) in [4.78, 5) is 16.9. The molecule has 0 bridgehead atoms. The highest BCUT2D eigenvalue weighted by atomic mass is 32.2. The third kappa shape index (κ3) is 5.50. The molecule has 1 saturated heterocycles. The number of carbonyl (C=O) groups is 1. The smallest absolute Gasteiger partial charge is 0.251 e. The number of anilines is 1. The van der Waals surface area contributed by atoms with Crippen molar-refractivity contribution >= 4 is 38.4 Å². The van der Waals surface area contributed by atoms with E-state index in [4.69, 9.17) is 0 Å². The average Bonchev–Trinajstić information content (AvgIpc) is 3.14. The predicted molar refractivity (Wildman–Crippen MR) is 117 cm³/mol. The third-order valence-electron chi connectivity index (χ3n) is 5.31. The summed E-state index contributed by atoms with van der Waals surface area (Å²) >= 11 is 1.49. The quantitative estimate of drug-likeness (QED) is 0.670. The van der Waals surface area contributed by atoms with Gasteiger partial charge in [0.15, 0.2) is 15.0 Å². The number of hydrogen-bond donors (Lipinski definition) is 2. The van der Waals surface area contributed by atoms with Crippen molar-refractivity contribution < 1.29 is 13.2 Å². The summed E-state index contributed by atoms with van der Waals surface area (Å²) < 4.78 is 23.3. The molecule has 1 unspecified atom stereocenters. The molecule has 154 valence electrons. The molecule has 2 heterocycles. The number of sulfone groups is 1. The average molecular weight is 424 g/mol. The third-order valence-corrected chi connectivity index (χ3v) is 8.45. The molecule has 6 nitrogen and oxygen atoms in total. The van der Waals surface area contributed by atoms with Crippen LogP contribution in [-0.4, -0.2) is 48.8 Å². The fraction of sp³-hybridized carbons (Fsp3) is 0.600. The first kappa shape index (κ1) is 21.2. The zero-order chi connectivity index (χ0) is 20.1. The van der Waals surface area contributed by atoms with E-state index in [9.17, 15) is 13.2 Å². The molecular formula is C20H29N3O3S2. The Labute approximate surface area is 171 Å². The van der Waals surface area contributed by atoms with Gasteiger partial charge in [-0.3, -0.25) is 9.79 Å². The number of rotatable bonds is 8. The highest BCUT2D eigenvalue weighted by molar-refractivity contribution is 8.15. The number of thioether (sulfide) groups is 1. The van der Waals surface area contributed by atoms with Crippen LogP contribution in [0.15, 0.2) is 29.3 Å². The molecule has 0 spiro atoms. The van der Waals surface area contributed by atoms with E-state index in [0.717, 1.165) is 23.7 Å². The summed E-state index contributed by atoms with van der Waals surface area (Å²) in [5.74, 6) is 0.832. The minimum atomic E-state index is -2.94. The van der Waals surface area contributed by atoms with Crippen LogP contribution in [0.25, 0.3) is 0 Å². The lowest BCUT2D eigenvalue weighted by Gasteiger charge is -2.15. The van der Waals surface area contributed by atoms with Gasteiger partial charge >= 0.3 is 0 Å². The molecule has 2 aliphatic heterocycles. The number of benzene rings is 1. The molecule has 1 fully saturated rings. The zero-order valence-electron chi connectivity index (χ0n) is 16.5. The maximum Gasteiger partial charge on any atom is 0.251 e. The molecule has 3 atom stereocenters. The second-order valence-corrected chi connectivity index (χ2v) is 10.9. The fourth-order valence-electron chi connectivity index (χ4n) is 3.53. The SMILES string of the molecule is CCCCC(CC)CNC(=O)c1ccc(NC2=N[C@@H]3CS(=O)(=O)C[C@@H]3S2)cc1. The van der Waals surface area contributed by atoms with E-state index in [1.807, 2.05) is 12.1 Å². The molecule has 1 aromatic rings. The number of nitrogens with zero attached hydrogens (tertiary/aromatic N) is 1. The maximum atomic E-state index is 12.4. The fourth-order valence-corrected chi connectivity index (χ4v) is 7.20. The standard InChI is InChI=1S/C20H29N3O3S2/c1-3-5-6-14(4-2)11-21-19(24)15-7-9-16(10-8-15)22-20-23-17-12-28(25,26)13-18(17)27-20/h7-10,14,17-18H,3-6,11-13H2,1-2H3,(H,21,24)(H,22,23)/t14?,17-,18+/m1/s1. The molecule has 0 aliphatic carbocycles. The van der Waals surface area contributed by atoms with Crippen molar-refractivity contribution in [1.29, 1.82) is 0 Å². The van der Waals surface area contributed by atoms with E-state index < -0.39 is 9.84 Å².